The molecule has 2 nitrogen and oxygen atoms in total. The summed E-state index contributed by atoms with van der Waals surface area (Å²) in [5.41, 5.74) is 1.44. The third-order valence-corrected chi connectivity index (χ3v) is 3.48. The lowest BCUT2D eigenvalue weighted by molar-refractivity contribution is -0.113. The van der Waals surface area contributed by atoms with E-state index in [1.165, 1.54) is 24.8 Å². The van der Waals surface area contributed by atoms with Crippen molar-refractivity contribution in [2.24, 2.45) is 0 Å². The van der Waals surface area contributed by atoms with E-state index in [9.17, 15) is 0 Å². The van der Waals surface area contributed by atoms with E-state index in [2.05, 4.69) is 29.6 Å². The normalized spacial score (nSPS) is 18.1. The van der Waals surface area contributed by atoms with Crippen molar-refractivity contribution in [1.29, 1.82) is 0 Å². The van der Waals surface area contributed by atoms with Crippen LogP contribution < -0.4 is 5.32 Å². The lowest BCUT2D eigenvalue weighted by Gasteiger charge is -2.42. The monoisotopic (exact) mass is 219 g/mol. The van der Waals surface area contributed by atoms with Gasteiger partial charge in [0.2, 0.25) is 0 Å². The maximum Gasteiger partial charge on any atom is 0.0724 e. The standard InChI is InChI=1S/C14H21NO/c1-15-11-10-14(8-5-9-14)16-12-13-6-3-2-4-7-13/h2-4,6-7,15H,5,8-12H2,1H3. The lowest BCUT2D eigenvalue weighted by Crippen LogP contribution is -2.42. The van der Waals surface area contributed by atoms with Gasteiger partial charge in [0.05, 0.1) is 12.2 Å². The van der Waals surface area contributed by atoms with E-state index in [1.807, 2.05) is 13.1 Å². The summed E-state index contributed by atoms with van der Waals surface area (Å²) < 4.78 is 6.11. The number of hydrogen-bond donors (Lipinski definition) is 1. The van der Waals surface area contributed by atoms with Gasteiger partial charge in [0.25, 0.3) is 0 Å². The molecule has 0 spiro atoms. The number of rotatable bonds is 6. The summed E-state index contributed by atoms with van der Waals surface area (Å²) in [7, 11) is 2.00. The van der Waals surface area contributed by atoms with Crippen LogP contribution in [0.2, 0.25) is 0 Å². The molecule has 0 unspecified atom stereocenters. The maximum atomic E-state index is 6.11. The Balaban J connectivity index is 1.83. The highest BCUT2D eigenvalue weighted by Gasteiger charge is 2.37. The second-order valence-corrected chi connectivity index (χ2v) is 4.66. The fraction of sp³-hybridized carbons (Fsp3) is 0.571. The molecule has 1 saturated carbocycles. The van der Waals surface area contributed by atoms with Gasteiger partial charge in [-0.05, 0) is 44.8 Å². The first-order valence-corrected chi connectivity index (χ1v) is 6.17. The molecule has 1 aromatic rings. The van der Waals surface area contributed by atoms with E-state index < -0.39 is 0 Å². The molecule has 1 fully saturated rings. The zero-order chi connectivity index (χ0) is 11.3. The molecular weight excluding hydrogens is 198 g/mol. The predicted octanol–water partition coefficient (Wildman–Crippen LogP) is 2.74. The van der Waals surface area contributed by atoms with Gasteiger partial charge in [0, 0.05) is 0 Å². The van der Waals surface area contributed by atoms with Crippen LogP contribution in [0.3, 0.4) is 0 Å². The molecule has 0 amide bonds. The SMILES string of the molecule is CNCCC1(OCc2ccccc2)CCC1. The van der Waals surface area contributed by atoms with Crippen molar-refractivity contribution in [3.05, 3.63) is 35.9 Å². The minimum Gasteiger partial charge on any atom is -0.370 e. The Morgan fingerprint density at radius 1 is 1.25 bits per heavy atom. The number of nitrogens with one attached hydrogen (secondary N) is 1. The minimum atomic E-state index is 0.166. The van der Waals surface area contributed by atoms with Gasteiger partial charge in [-0.3, -0.25) is 0 Å². The second kappa shape index (κ2) is 5.46. The van der Waals surface area contributed by atoms with E-state index in [1.54, 1.807) is 0 Å². The molecule has 0 atom stereocenters. The van der Waals surface area contributed by atoms with Crippen molar-refractivity contribution in [2.45, 2.75) is 37.9 Å². The topological polar surface area (TPSA) is 21.3 Å². The average Bonchev–Trinajstić information content (AvgIpc) is 2.29. The summed E-state index contributed by atoms with van der Waals surface area (Å²) >= 11 is 0. The summed E-state index contributed by atoms with van der Waals surface area (Å²) in [5.74, 6) is 0. The zero-order valence-electron chi connectivity index (χ0n) is 10.0. The van der Waals surface area contributed by atoms with Crippen molar-refractivity contribution >= 4 is 0 Å². The molecule has 88 valence electrons. The van der Waals surface area contributed by atoms with Gasteiger partial charge in [-0.25, -0.2) is 0 Å². The smallest absolute Gasteiger partial charge is 0.0724 e. The Labute approximate surface area is 98.0 Å². The molecule has 0 saturated heterocycles. The second-order valence-electron chi connectivity index (χ2n) is 4.66. The quantitative estimate of drug-likeness (QED) is 0.794. The molecule has 1 N–H and O–H groups in total. The van der Waals surface area contributed by atoms with Crippen LogP contribution in [0.25, 0.3) is 0 Å². The van der Waals surface area contributed by atoms with Gasteiger partial charge in [-0.2, -0.15) is 0 Å². The van der Waals surface area contributed by atoms with E-state index in [0.717, 1.165) is 19.6 Å². The summed E-state index contributed by atoms with van der Waals surface area (Å²) in [6, 6.07) is 10.4. The Morgan fingerprint density at radius 2 is 2.00 bits per heavy atom. The summed E-state index contributed by atoms with van der Waals surface area (Å²) in [4.78, 5) is 0. The third-order valence-electron chi connectivity index (χ3n) is 3.48. The Morgan fingerprint density at radius 3 is 2.56 bits per heavy atom. The van der Waals surface area contributed by atoms with Crippen LogP contribution in [-0.4, -0.2) is 19.2 Å². The van der Waals surface area contributed by atoms with E-state index >= 15 is 0 Å². The van der Waals surface area contributed by atoms with Gasteiger partial charge in [-0.15, -0.1) is 0 Å². The molecule has 2 heteroatoms. The molecule has 0 heterocycles. The van der Waals surface area contributed by atoms with E-state index in [0.29, 0.717) is 0 Å². The molecule has 2 rings (SSSR count). The fourth-order valence-corrected chi connectivity index (χ4v) is 2.20. The largest absolute Gasteiger partial charge is 0.370 e. The van der Waals surface area contributed by atoms with Crippen LogP contribution in [0.1, 0.15) is 31.2 Å². The molecule has 16 heavy (non-hydrogen) atoms. The maximum absolute atomic E-state index is 6.11. The van der Waals surface area contributed by atoms with Crippen LogP contribution in [0.15, 0.2) is 30.3 Å². The summed E-state index contributed by atoms with van der Waals surface area (Å²) in [5, 5.41) is 3.21. The number of ether oxygens (including phenoxy) is 1. The number of hydrogen-bond acceptors (Lipinski definition) is 2. The van der Waals surface area contributed by atoms with E-state index in [-0.39, 0.29) is 5.60 Å². The minimum absolute atomic E-state index is 0.166. The number of benzene rings is 1. The first-order valence-electron chi connectivity index (χ1n) is 6.17. The van der Waals surface area contributed by atoms with Crippen molar-refractivity contribution in [3.8, 4) is 0 Å². The van der Waals surface area contributed by atoms with Crippen LogP contribution in [0.5, 0.6) is 0 Å². The molecule has 1 aliphatic carbocycles. The first-order chi connectivity index (χ1) is 7.85. The van der Waals surface area contributed by atoms with Crippen molar-refractivity contribution in [3.63, 3.8) is 0 Å². The van der Waals surface area contributed by atoms with Crippen molar-refractivity contribution in [1.82, 2.24) is 5.32 Å². The van der Waals surface area contributed by atoms with Gasteiger partial charge < -0.3 is 10.1 Å². The predicted molar refractivity (Wildman–Crippen MR) is 66.4 cm³/mol. The zero-order valence-corrected chi connectivity index (χ0v) is 10.0. The molecule has 0 aliphatic heterocycles. The van der Waals surface area contributed by atoms with Gasteiger partial charge in [0.15, 0.2) is 0 Å². The highest BCUT2D eigenvalue weighted by Crippen LogP contribution is 2.38. The Hall–Kier alpha value is -0.860. The van der Waals surface area contributed by atoms with Gasteiger partial charge >= 0.3 is 0 Å². The summed E-state index contributed by atoms with van der Waals surface area (Å²) in [6.45, 7) is 1.80. The van der Waals surface area contributed by atoms with Gasteiger partial charge in [0.1, 0.15) is 0 Å². The highest BCUT2D eigenvalue weighted by molar-refractivity contribution is 5.13. The molecule has 0 aromatic heterocycles. The molecule has 1 aromatic carbocycles. The lowest BCUT2D eigenvalue weighted by atomic mass is 9.77. The van der Waals surface area contributed by atoms with Crippen LogP contribution in [0, 0.1) is 0 Å². The molecule has 0 radical (unpaired) electrons. The highest BCUT2D eigenvalue weighted by atomic mass is 16.5. The molecular formula is C14H21NO. The van der Waals surface area contributed by atoms with Crippen LogP contribution >= 0.6 is 0 Å². The van der Waals surface area contributed by atoms with E-state index in [4.69, 9.17) is 4.74 Å². The molecule has 0 bridgehead atoms. The summed E-state index contributed by atoms with van der Waals surface area (Å²) in [6.07, 6.45) is 4.90. The third kappa shape index (κ3) is 2.83. The van der Waals surface area contributed by atoms with Gasteiger partial charge in [-0.1, -0.05) is 30.3 Å². The molecule has 1 aliphatic rings. The fourth-order valence-electron chi connectivity index (χ4n) is 2.20. The Bertz CT molecular complexity index is 306. The average molecular weight is 219 g/mol. The van der Waals surface area contributed by atoms with Crippen molar-refractivity contribution in [2.75, 3.05) is 13.6 Å². The van der Waals surface area contributed by atoms with Crippen LogP contribution in [-0.2, 0) is 11.3 Å². The van der Waals surface area contributed by atoms with Crippen LogP contribution in [0.4, 0.5) is 0 Å². The first kappa shape index (κ1) is 11.6. The Kier molecular flexibility index (Phi) is 3.97. The van der Waals surface area contributed by atoms with Crippen molar-refractivity contribution < 1.29 is 4.74 Å².